The fraction of sp³-hybridized carbons (Fsp3) is 0.318. The third-order valence-corrected chi connectivity index (χ3v) is 6.17. The normalized spacial score (nSPS) is 22.4. The first-order valence-electron chi connectivity index (χ1n) is 9.85. The van der Waals surface area contributed by atoms with Gasteiger partial charge in [-0.25, -0.2) is 4.52 Å². The summed E-state index contributed by atoms with van der Waals surface area (Å²) >= 11 is 0. The number of aryl methyl sites for hydroxylation is 1. The summed E-state index contributed by atoms with van der Waals surface area (Å²) in [5, 5.41) is 10.7. The van der Waals surface area contributed by atoms with Gasteiger partial charge in [0.1, 0.15) is 0 Å². The van der Waals surface area contributed by atoms with Gasteiger partial charge in [-0.05, 0) is 37.6 Å². The molecule has 3 aromatic rings. The number of anilines is 1. The van der Waals surface area contributed by atoms with E-state index in [4.69, 9.17) is 0 Å². The summed E-state index contributed by atoms with van der Waals surface area (Å²) in [5.74, 6) is 0.193. The van der Waals surface area contributed by atoms with Crippen LogP contribution in [0, 0.1) is 12.8 Å². The number of para-hydroxylation sites is 1. The fourth-order valence-electron chi connectivity index (χ4n) is 4.56. The van der Waals surface area contributed by atoms with Crippen LogP contribution in [0.4, 0.5) is 5.69 Å². The van der Waals surface area contributed by atoms with E-state index < -0.39 is 0 Å². The lowest BCUT2D eigenvalue weighted by Crippen LogP contribution is -2.43. The number of piperidine rings is 1. The zero-order chi connectivity index (χ0) is 20.2. The van der Waals surface area contributed by atoms with Gasteiger partial charge in [0.05, 0.1) is 27.9 Å². The molecule has 2 fully saturated rings. The number of fused-ring (bicyclic) bond motifs is 2. The minimum absolute atomic E-state index is 0.0138. The van der Waals surface area contributed by atoms with Crippen LogP contribution in [0.1, 0.15) is 32.8 Å². The van der Waals surface area contributed by atoms with Crippen LogP contribution in [0.2, 0.25) is 0 Å². The Labute approximate surface area is 168 Å². The summed E-state index contributed by atoms with van der Waals surface area (Å²) < 4.78 is 1.74. The topological polar surface area (TPSA) is 78.7 Å². The maximum atomic E-state index is 13.3. The van der Waals surface area contributed by atoms with Crippen LogP contribution in [0.3, 0.4) is 0 Å². The Kier molecular flexibility index (Phi) is 3.87. The van der Waals surface area contributed by atoms with Crippen molar-refractivity contribution in [3.05, 3.63) is 65.5 Å². The minimum Gasteiger partial charge on any atom is -0.387 e. The number of hydrogen-bond donors (Lipinski definition) is 2. The van der Waals surface area contributed by atoms with Crippen molar-refractivity contribution >= 4 is 23.0 Å². The lowest BCUT2D eigenvalue weighted by Gasteiger charge is -2.22. The van der Waals surface area contributed by atoms with Crippen molar-refractivity contribution < 1.29 is 9.59 Å². The summed E-state index contributed by atoms with van der Waals surface area (Å²) in [5.41, 5.74) is 3.29. The second-order valence-corrected chi connectivity index (χ2v) is 7.98. The Morgan fingerprint density at radius 2 is 1.97 bits per heavy atom. The van der Waals surface area contributed by atoms with E-state index in [-0.39, 0.29) is 17.4 Å². The van der Waals surface area contributed by atoms with E-state index in [1.54, 1.807) is 11.6 Å². The van der Waals surface area contributed by atoms with Crippen molar-refractivity contribution in [3.63, 3.8) is 0 Å². The van der Waals surface area contributed by atoms with Gasteiger partial charge in [0.25, 0.3) is 11.8 Å². The van der Waals surface area contributed by atoms with Gasteiger partial charge in [0.15, 0.2) is 0 Å². The molecule has 1 aromatic carbocycles. The predicted octanol–water partition coefficient (Wildman–Crippen LogP) is 2.33. The molecule has 2 aliphatic rings. The number of likely N-dealkylation sites (tertiary alicyclic amines) is 1. The molecule has 29 heavy (non-hydrogen) atoms. The molecule has 1 aliphatic heterocycles. The van der Waals surface area contributed by atoms with E-state index in [0.29, 0.717) is 30.1 Å². The largest absolute Gasteiger partial charge is 0.387 e. The average Bonchev–Trinajstić information content (AvgIpc) is 3.09. The van der Waals surface area contributed by atoms with Crippen molar-refractivity contribution in [1.82, 2.24) is 19.8 Å². The van der Waals surface area contributed by atoms with Gasteiger partial charge in [-0.15, -0.1) is 0 Å². The number of nitrogens with one attached hydrogen (secondary N) is 2. The summed E-state index contributed by atoms with van der Waals surface area (Å²) in [6.45, 7) is 3.06. The van der Waals surface area contributed by atoms with Gasteiger partial charge in [-0.1, -0.05) is 18.2 Å². The first-order chi connectivity index (χ1) is 14.0. The van der Waals surface area contributed by atoms with Crippen molar-refractivity contribution in [3.8, 4) is 0 Å². The van der Waals surface area contributed by atoms with E-state index in [1.807, 2.05) is 60.5 Å². The molecule has 5 rings (SSSR count). The van der Waals surface area contributed by atoms with Crippen LogP contribution in [0.5, 0.6) is 0 Å². The van der Waals surface area contributed by atoms with E-state index in [0.717, 1.165) is 23.3 Å². The zero-order valence-corrected chi connectivity index (χ0v) is 16.5. The molecule has 2 amide bonds. The molecule has 0 radical (unpaired) electrons. The molecule has 0 bridgehead atoms. The third-order valence-electron chi connectivity index (χ3n) is 6.17. The smallest absolute Gasteiger partial charge is 0.258 e. The number of rotatable bonds is 4. The molecule has 2 atom stereocenters. The summed E-state index contributed by atoms with van der Waals surface area (Å²) in [7, 11) is 1.80. The lowest BCUT2D eigenvalue weighted by molar-refractivity contribution is 0.0761. The van der Waals surface area contributed by atoms with Crippen LogP contribution in [-0.2, 0) is 0 Å². The van der Waals surface area contributed by atoms with Crippen LogP contribution < -0.4 is 10.6 Å². The number of hydrogen-bond acceptors (Lipinski definition) is 4. The molecule has 7 nitrogen and oxygen atoms in total. The van der Waals surface area contributed by atoms with Gasteiger partial charge in [0.2, 0.25) is 0 Å². The molecular weight excluding hydrogens is 366 g/mol. The van der Waals surface area contributed by atoms with Crippen molar-refractivity contribution in [2.45, 2.75) is 18.9 Å². The van der Waals surface area contributed by atoms with Crippen molar-refractivity contribution in [2.75, 3.05) is 25.5 Å². The molecule has 0 unspecified atom stereocenters. The SMILES string of the molecule is CNc1ccccc1C(=O)N[C@]12C[C@H]1CN(C(=O)c1c(C)nn3ccccc13)C2. The average molecular weight is 389 g/mol. The number of amides is 2. The van der Waals surface area contributed by atoms with Gasteiger partial charge < -0.3 is 15.5 Å². The highest BCUT2D eigenvalue weighted by Gasteiger charge is 2.62. The van der Waals surface area contributed by atoms with Gasteiger partial charge in [0, 0.05) is 37.9 Å². The number of pyridine rings is 1. The highest BCUT2D eigenvalue weighted by Crippen LogP contribution is 2.50. The molecule has 2 aromatic heterocycles. The molecular formula is C22H23N5O2. The molecule has 2 N–H and O–H groups in total. The molecule has 0 spiro atoms. The van der Waals surface area contributed by atoms with E-state index in [1.165, 1.54) is 0 Å². The van der Waals surface area contributed by atoms with Crippen molar-refractivity contribution in [2.24, 2.45) is 5.92 Å². The Morgan fingerprint density at radius 3 is 2.79 bits per heavy atom. The predicted molar refractivity (Wildman–Crippen MR) is 110 cm³/mol. The van der Waals surface area contributed by atoms with E-state index in [2.05, 4.69) is 15.7 Å². The molecule has 1 aliphatic carbocycles. The Hall–Kier alpha value is -3.35. The van der Waals surface area contributed by atoms with E-state index >= 15 is 0 Å². The quantitative estimate of drug-likeness (QED) is 0.718. The number of nitrogens with zero attached hydrogens (tertiary/aromatic N) is 3. The van der Waals surface area contributed by atoms with E-state index in [9.17, 15) is 9.59 Å². The molecule has 1 saturated carbocycles. The number of carbonyl (C=O) groups excluding carboxylic acids is 2. The standard InChI is InChI=1S/C22H23N5O2/c1-14-19(18-9-5-6-10-27(18)25-14)21(29)26-12-15-11-22(15,13-26)24-20(28)16-7-3-4-8-17(16)23-2/h3-10,15,23H,11-13H2,1-2H3,(H,24,28)/t15-,22-/m0/s1. The van der Waals surface area contributed by atoms with Crippen LogP contribution in [0.15, 0.2) is 48.7 Å². The van der Waals surface area contributed by atoms with Gasteiger partial charge in [-0.3, -0.25) is 9.59 Å². The number of aromatic nitrogens is 2. The number of benzene rings is 1. The molecule has 148 valence electrons. The van der Waals surface area contributed by atoms with Gasteiger partial charge in [-0.2, -0.15) is 5.10 Å². The van der Waals surface area contributed by atoms with Crippen LogP contribution >= 0.6 is 0 Å². The molecule has 3 heterocycles. The Balaban J connectivity index is 1.36. The minimum atomic E-state index is -0.315. The molecule has 7 heteroatoms. The summed E-state index contributed by atoms with van der Waals surface area (Å²) in [6, 6.07) is 13.2. The lowest BCUT2D eigenvalue weighted by atomic mass is 10.1. The highest BCUT2D eigenvalue weighted by atomic mass is 16.2. The van der Waals surface area contributed by atoms with Gasteiger partial charge >= 0.3 is 0 Å². The Morgan fingerprint density at radius 1 is 1.17 bits per heavy atom. The maximum Gasteiger partial charge on any atom is 0.258 e. The monoisotopic (exact) mass is 389 g/mol. The second kappa shape index (κ2) is 6.34. The highest BCUT2D eigenvalue weighted by molar-refractivity contribution is 6.03. The first-order valence-corrected chi connectivity index (χ1v) is 9.85. The van der Waals surface area contributed by atoms with Crippen molar-refractivity contribution in [1.29, 1.82) is 0 Å². The fourth-order valence-corrected chi connectivity index (χ4v) is 4.56. The molecule has 1 saturated heterocycles. The van der Waals surface area contributed by atoms with Crippen LogP contribution in [0.25, 0.3) is 5.52 Å². The summed E-state index contributed by atoms with van der Waals surface area (Å²) in [4.78, 5) is 28.0. The maximum absolute atomic E-state index is 13.3. The zero-order valence-electron chi connectivity index (χ0n) is 16.5. The van der Waals surface area contributed by atoms with Crippen LogP contribution in [-0.4, -0.2) is 52.0 Å². The number of carbonyl (C=O) groups is 2. The first kappa shape index (κ1) is 17.7. The second-order valence-electron chi connectivity index (χ2n) is 7.98. The third kappa shape index (κ3) is 2.76. The Bertz CT molecular complexity index is 1140. The summed E-state index contributed by atoms with van der Waals surface area (Å²) in [6.07, 6.45) is 2.76.